The van der Waals surface area contributed by atoms with Crippen LogP contribution in [-0.2, 0) is 16.4 Å². The Morgan fingerprint density at radius 2 is 1.80 bits per heavy atom. The smallest absolute Gasteiger partial charge is 0.265 e. The van der Waals surface area contributed by atoms with Gasteiger partial charge in [0.15, 0.2) is 0 Å². The van der Waals surface area contributed by atoms with Crippen molar-refractivity contribution in [3.63, 3.8) is 0 Å². The number of unbranched alkanes of at least 4 members (excludes halogenated alkanes) is 1. The maximum atomic E-state index is 12.8. The van der Waals surface area contributed by atoms with Crippen molar-refractivity contribution in [2.45, 2.75) is 38.0 Å². The Kier molecular flexibility index (Phi) is 6.31. The third-order valence-corrected chi connectivity index (χ3v) is 5.40. The number of ether oxygens (including phenoxy) is 2. The van der Waals surface area contributed by atoms with Crippen molar-refractivity contribution in [3.8, 4) is 11.5 Å². The highest BCUT2D eigenvalue weighted by atomic mass is 32.2. The summed E-state index contributed by atoms with van der Waals surface area (Å²) in [5.41, 5.74) is 2.66. The highest BCUT2D eigenvalue weighted by Crippen LogP contribution is 2.30. The summed E-state index contributed by atoms with van der Waals surface area (Å²) in [6, 6.07) is 10.5. The van der Waals surface area contributed by atoms with Crippen LogP contribution in [0.4, 0.5) is 5.69 Å². The highest BCUT2D eigenvalue weighted by Gasteiger charge is 2.21. The molecule has 0 atom stereocenters. The molecule has 0 unspecified atom stereocenters. The van der Waals surface area contributed by atoms with Crippen LogP contribution in [0.1, 0.15) is 30.9 Å². The van der Waals surface area contributed by atoms with Crippen LogP contribution in [0.5, 0.6) is 11.5 Å². The van der Waals surface area contributed by atoms with Gasteiger partial charge in [-0.3, -0.25) is 4.72 Å². The summed E-state index contributed by atoms with van der Waals surface area (Å²) in [5, 5.41) is 0. The van der Waals surface area contributed by atoms with E-state index >= 15 is 0 Å². The zero-order valence-corrected chi connectivity index (χ0v) is 15.9. The number of sulfonamides is 1. The third kappa shape index (κ3) is 4.66. The van der Waals surface area contributed by atoms with Gasteiger partial charge in [0.05, 0.1) is 19.9 Å². The molecule has 0 radical (unpaired) electrons. The number of nitrogens with one attached hydrogen (secondary N) is 1. The number of anilines is 1. The molecule has 2 rings (SSSR count). The van der Waals surface area contributed by atoms with Crippen molar-refractivity contribution in [3.05, 3.63) is 47.5 Å². The molecule has 1 N–H and O–H groups in total. The molecule has 2 aromatic rings. The van der Waals surface area contributed by atoms with Gasteiger partial charge in [-0.15, -0.1) is 0 Å². The zero-order valence-electron chi connectivity index (χ0n) is 15.1. The second-order valence-electron chi connectivity index (χ2n) is 5.88. The van der Waals surface area contributed by atoms with E-state index in [0.29, 0.717) is 11.4 Å². The first-order chi connectivity index (χ1) is 11.9. The second-order valence-corrected chi connectivity index (χ2v) is 7.53. The summed E-state index contributed by atoms with van der Waals surface area (Å²) in [4.78, 5) is 0.0452. The Morgan fingerprint density at radius 1 is 1.04 bits per heavy atom. The summed E-state index contributed by atoms with van der Waals surface area (Å²) in [5.74, 6) is 0.721. The number of hydrogen-bond acceptors (Lipinski definition) is 4. The average molecular weight is 363 g/mol. The molecule has 2 aromatic carbocycles. The van der Waals surface area contributed by atoms with E-state index in [0.717, 1.165) is 24.8 Å². The molecule has 0 fully saturated rings. The quantitative estimate of drug-likeness (QED) is 0.765. The van der Waals surface area contributed by atoms with Crippen molar-refractivity contribution in [2.75, 3.05) is 18.9 Å². The molecule has 0 amide bonds. The minimum atomic E-state index is -3.80. The molecule has 0 bridgehead atoms. The lowest BCUT2D eigenvalue weighted by atomic mass is 10.1. The lowest BCUT2D eigenvalue weighted by Gasteiger charge is -2.15. The van der Waals surface area contributed by atoms with E-state index in [4.69, 9.17) is 9.47 Å². The number of methoxy groups -OCH3 is 2. The fraction of sp³-hybridized carbons (Fsp3) is 0.368. The first-order valence-electron chi connectivity index (χ1n) is 8.25. The normalized spacial score (nSPS) is 11.2. The minimum Gasteiger partial charge on any atom is -0.497 e. The fourth-order valence-corrected chi connectivity index (χ4v) is 3.89. The predicted molar refractivity (Wildman–Crippen MR) is 100 cm³/mol. The molecule has 0 aliphatic heterocycles. The maximum absolute atomic E-state index is 12.8. The molecule has 5 nitrogen and oxygen atoms in total. The maximum Gasteiger partial charge on any atom is 0.265 e. The lowest BCUT2D eigenvalue weighted by Crippen LogP contribution is -2.15. The van der Waals surface area contributed by atoms with Crippen LogP contribution in [0.3, 0.4) is 0 Å². The third-order valence-electron chi connectivity index (χ3n) is 4.01. The SMILES string of the molecule is CCCCc1ccc(NS(=O)(=O)c2cc(OC)ccc2OC)c(C)c1. The molecule has 0 aliphatic carbocycles. The topological polar surface area (TPSA) is 64.6 Å². The molecule has 136 valence electrons. The van der Waals surface area contributed by atoms with Crippen molar-refractivity contribution < 1.29 is 17.9 Å². The van der Waals surface area contributed by atoms with E-state index in [-0.39, 0.29) is 10.6 Å². The molecule has 0 saturated heterocycles. The molecule has 0 heterocycles. The molecular weight excluding hydrogens is 338 g/mol. The van der Waals surface area contributed by atoms with E-state index < -0.39 is 10.0 Å². The summed E-state index contributed by atoms with van der Waals surface area (Å²) in [6.45, 7) is 4.05. The predicted octanol–water partition coefficient (Wildman–Crippen LogP) is 4.16. The largest absolute Gasteiger partial charge is 0.497 e. The van der Waals surface area contributed by atoms with Gasteiger partial charge in [0.1, 0.15) is 16.4 Å². The first kappa shape index (κ1) is 19.1. The van der Waals surface area contributed by atoms with E-state index in [2.05, 4.69) is 11.6 Å². The van der Waals surface area contributed by atoms with Gasteiger partial charge in [-0.25, -0.2) is 8.42 Å². The molecule has 0 aromatic heterocycles. The molecule has 0 aliphatic rings. The molecular formula is C19H25NO4S. The number of benzene rings is 2. The second kappa shape index (κ2) is 8.25. The summed E-state index contributed by atoms with van der Waals surface area (Å²) in [7, 11) is -0.866. The number of hydrogen-bond donors (Lipinski definition) is 1. The Labute approximate surface area is 150 Å². The van der Waals surface area contributed by atoms with Gasteiger partial charge in [-0.2, -0.15) is 0 Å². The molecule has 0 spiro atoms. The van der Waals surface area contributed by atoms with Gasteiger partial charge in [0.2, 0.25) is 0 Å². The minimum absolute atomic E-state index is 0.0452. The lowest BCUT2D eigenvalue weighted by molar-refractivity contribution is 0.392. The zero-order chi connectivity index (χ0) is 18.4. The van der Waals surface area contributed by atoms with Crippen molar-refractivity contribution in [1.29, 1.82) is 0 Å². The summed E-state index contributed by atoms with van der Waals surface area (Å²) in [6.07, 6.45) is 3.24. The van der Waals surface area contributed by atoms with Crippen LogP contribution in [0, 0.1) is 6.92 Å². The highest BCUT2D eigenvalue weighted by molar-refractivity contribution is 7.92. The van der Waals surface area contributed by atoms with Gasteiger partial charge in [0.25, 0.3) is 10.0 Å². The standard InChI is InChI=1S/C19H25NO4S/c1-5-6-7-15-8-10-17(14(2)12-15)20-25(21,22)19-13-16(23-3)9-11-18(19)24-4/h8-13,20H,5-7H2,1-4H3. The van der Waals surface area contributed by atoms with E-state index in [1.165, 1.54) is 25.8 Å². The molecule has 0 saturated carbocycles. The summed E-state index contributed by atoms with van der Waals surface area (Å²) < 4.78 is 38.6. The Bertz CT molecular complexity index is 831. The van der Waals surface area contributed by atoms with Crippen LogP contribution in [0.2, 0.25) is 0 Å². The number of aryl methyl sites for hydroxylation is 2. The average Bonchev–Trinajstić information content (AvgIpc) is 2.61. The van der Waals surface area contributed by atoms with E-state index in [1.54, 1.807) is 12.1 Å². The fourth-order valence-electron chi connectivity index (χ4n) is 2.57. The van der Waals surface area contributed by atoms with Gasteiger partial charge in [0, 0.05) is 6.07 Å². The van der Waals surface area contributed by atoms with Gasteiger partial charge < -0.3 is 9.47 Å². The number of rotatable bonds is 8. The van der Waals surface area contributed by atoms with E-state index in [9.17, 15) is 8.42 Å². The van der Waals surface area contributed by atoms with Gasteiger partial charge in [-0.05, 0) is 49.1 Å². The monoisotopic (exact) mass is 363 g/mol. The van der Waals surface area contributed by atoms with Crippen molar-refractivity contribution in [1.82, 2.24) is 0 Å². The Hall–Kier alpha value is -2.21. The summed E-state index contributed by atoms with van der Waals surface area (Å²) >= 11 is 0. The van der Waals surface area contributed by atoms with Crippen LogP contribution >= 0.6 is 0 Å². The Morgan fingerprint density at radius 3 is 2.40 bits per heavy atom. The van der Waals surface area contributed by atoms with Gasteiger partial charge in [-0.1, -0.05) is 25.5 Å². The van der Waals surface area contributed by atoms with E-state index in [1.807, 2.05) is 25.1 Å². The van der Waals surface area contributed by atoms with Crippen LogP contribution in [0.15, 0.2) is 41.3 Å². The van der Waals surface area contributed by atoms with Crippen LogP contribution in [0.25, 0.3) is 0 Å². The molecule has 6 heteroatoms. The van der Waals surface area contributed by atoms with Crippen LogP contribution < -0.4 is 14.2 Å². The first-order valence-corrected chi connectivity index (χ1v) is 9.74. The van der Waals surface area contributed by atoms with Crippen LogP contribution in [-0.4, -0.2) is 22.6 Å². The molecule has 25 heavy (non-hydrogen) atoms. The van der Waals surface area contributed by atoms with Gasteiger partial charge >= 0.3 is 0 Å². The van der Waals surface area contributed by atoms with Crippen molar-refractivity contribution >= 4 is 15.7 Å². The Balaban J connectivity index is 2.33. The van der Waals surface area contributed by atoms with Crippen molar-refractivity contribution in [2.24, 2.45) is 0 Å².